The van der Waals surface area contributed by atoms with Crippen LogP contribution in [0.1, 0.15) is 57.4 Å². The largest absolute Gasteiger partial charge is 0.443 e. The highest BCUT2D eigenvalue weighted by atomic mass is 28.3. The summed E-state index contributed by atoms with van der Waals surface area (Å²) in [5, 5.41) is 5.11. The standard InChI is InChI=1S/C35H55F2N5O4Si2/c1-34(2,3)46-33(43)40(5)24-17-26(31(36)37)29-27(18-24)41(21-44-12-14-47(6,7)8)32(38-29)30-25-16-23-19-35(23,4)20-28(25)42(39-30)22-45-13-15-48(9,10)11/h17-18,23,31H,12-16,19-22H2,1-11H3/t23-,35-/m1/s1. The first-order valence-corrected chi connectivity index (χ1v) is 24.6. The zero-order valence-corrected chi connectivity index (χ0v) is 32.8. The Morgan fingerprint density at radius 3 is 2.27 bits per heavy atom. The molecule has 5 rings (SSSR count). The Hall–Kier alpha value is -2.62. The number of benzene rings is 1. The summed E-state index contributed by atoms with van der Waals surface area (Å²) in [4.78, 5) is 19.2. The van der Waals surface area contributed by atoms with E-state index < -0.39 is 34.3 Å². The molecule has 0 aliphatic heterocycles. The van der Waals surface area contributed by atoms with E-state index in [4.69, 9.17) is 24.3 Å². The Balaban J connectivity index is 1.62. The number of rotatable bonds is 13. The lowest BCUT2D eigenvalue weighted by Gasteiger charge is -2.25. The average molecular weight is 704 g/mol. The summed E-state index contributed by atoms with van der Waals surface area (Å²) in [6, 6.07) is 5.08. The molecule has 0 saturated heterocycles. The number of alkyl halides is 2. The van der Waals surface area contributed by atoms with Crippen molar-refractivity contribution in [1.82, 2.24) is 19.3 Å². The van der Waals surface area contributed by atoms with Crippen molar-refractivity contribution in [1.29, 1.82) is 0 Å². The number of amides is 1. The van der Waals surface area contributed by atoms with Crippen molar-refractivity contribution in [2.75, 3.05) is 25.2 Å². The minimum Gasteiger partial charge on any atom is -0.443 e. The van der Waals surface area contributed by atoms with E-state index in [9.17, 15) is 13.6 Å². The number of halogens is 2. The molecule has 0 bridgehead atoms. The molecule has 3 aromatic rings. The average Bonchev–Trinajstić information content (AvgIpc) is 3.31. The fourth-order valence-corrected chi connectivity index (χ4v) is 7.82. The second kappa shape index (κ2) is 13.3. The minimum absolute atomic E-state index is 0.119. The Labute approximate surface area is 286 Å². The maximum Gasteiger partial charge on any atom is 0.414 e. The van der Waals surface area contributed by atoms with E-state index in [0.29, 0.717) is 48.6 Å². The molecule has 2 atom stereocenters. The summed E-state index contributed by atoms with van der Waals surface area (Å²) in [6.45, 7) is 23.2. The van der Waals surface area contributed by atoms with Crippen LogP contribution in [0.2, 0.25) is 51.4 Å². The fraction of sp³-hybridized carbons (Fsp3) is 0.686. The molecule has 0 radical (unpaired) electrons. The maximum absolute atomic E-state index is 14.8. The molecule has 2 heterocycles. The van der Waals surface area contributed by atoms with Gasteiger partial charge in [0, 0.05) is 58.9 Å². The lowest BCUT2D eigenvalue weighted by atomic mass is 9.87. The highest BCUT2D eigenvalue weighted by molar-refractivity contribution is 6.76. The van der Waals surface area contributed by atoms with Crippen molar-refractivity contribution in [3.63, 3.8) is 0 Å². The van der Waals surface area contributed by atoms with Crippen molar-refractivity contribution in [2.24, 2.45) is 11.3 Å². The number of carbonyl (C=O) groups excluding carboxylic acids is 1. The van der Waals surface area contributed by atoms with Crippen LogP contribution >= 0.6 is 0 Å². The molecule has 2 aliphatic rings. The van der Waals surface area contributed by atoms with Gasteiger partial charge in [0.05, 0.1) is 11.0 Å². The van der Waals surface area contributed by atoms with Gasteiger partial charge in [-0.05, 0) is 75.6 Å². The number of aromatic nitrogens is 4. The van der Waals surface area contributed by atoms with Crippen LogP contribution in [0.15, 0.2) is 12.1 Å². The summed E-state index contributed by atoms with van der Waals surface area (Å²) in [7, 11) is -1.11. The second-order valence-electron chi connectivity index (χ2n) is 17.5. The van der Waals surface area contributed by atoms with Crippen molar-refractivity contribution < 1.29 is 27.8 Å². The third-order valence-electron chi connectivity index (χ3n) is 9.52. The van der Waals surface area contributed by atoms with Gasteiger partial charge in [-0.1, -0.05) is 46.2 Å². The molecule has 13 heteroatoms. The Morgan fingerprint density at radius 2 is 1.69 bits per heavy atom. The Morgan fingerprint density at radius 1 is 1.06 bits per heavy atom. The van der Waals surface area contributed by atoms with Crippen LogP contribution in [-0.4, -0.2) is 67.4 Å². The molecule has 2 aromatic heterocycles. The monoisotopic (exact) mass is 703 g/mol. The summed E-state index contributed by atoms with van der Waals surface area (Å²) < 4.78 is 51.4. The molecule has 2 aliphatic carbocycles. The van der Waals surface area contributed by atoms with Crippen molar-refractivity contribution in [3.05, 3.63) is 29.0 Å². The molecular weight excluding hydrogens is 649 g/mol. The van der Waals surface area contributed by atoms with Gasteiger partial charge in [-0.3, -0.25) is 9.47 Å². The van der Waals surface area contributed by atoms with Crippen molar-refractivity contribution in [3.8, 4) is 11.5 Å². The van der Waals surface area contributed by atoms with Gasteiger partial charge >= 0.3 is 6.09 Å². The van der Waals surface area contributed by atoms with E-state index in [1.54, 1.807) is 26.8 Å². The van der Waals surface area contributed by atoms with Gasteiger partial charge in [0.1, 0.15) is 24.8 Å². The van der Waals surface area contributed by atoms with Crippen LogP contribution in [0.4, 0.5) is 19.3 Å². The number of fused-ring (bicyclic) bond motifs is 3. The van der Waals surface area contributed by atoms with Gasteiger partial charge < -0.3 is 14.2 Å². The van der Waals surface area contributed by atoms with Crippen molar-refractivity contribution >= 4 is 39.0 Å². The zero-order chi connectivity index (χ0) is 35.4. The molecule has 0 spiro atoms. The first-order valence-electron chi connectivity index (χ1n) is 17.2. The summed E-state index contributed by atoms with van der Waals surface area (Å²) in [6.07, 6.45) is -0.526. The lowest BCUT2D eigenvalue weighted by molar-refractivity contribution is 0.0589. The van der Waals surface area contributed by atoms with Gasteiger partial charge in [0.25, 0.3) is 6.43 Å². The van der Waals surface area contributed by atoms with E-state index in [1.807, 2.05) is 9.25 Å². The van der Waals surface area contributed by atoms with Crippen LogP contribution in [0.3, 0.4) is 0 Å². The topological polar surface area (TPSA) is 83.6 Å². The fourth-order valence-electron chi connectivity index (χ4n) is 6.31. The second-order valence-corrected chi connectivity index (χ2v) is 28.8. The highest BCUT2D eigenvalue weighted by Gasteiger charge is 2.54. The molecule has 1 amide bonds. The summed E-state index contributed by atoms with van der Waals surface area (Å²) in [5.74, 6) is 1.06. The summed E-state index contributed by atoms with van der Waals surface area (Å²) >= 11 is 0. The lowest BCUT2D eigenvalue weighted by Crippen LogP contribution is -2.34. The zero-order valence-electron chi connectivity index (χ0n) is 30.8. The third-order valence-corrected chi connectivity index (χ3v) is 12.9. The summed E-state index contributed by atoms with van der Waals surface area (Å²) in [5.41, 5.74) is 3.15. The molecule has 266 valence electrons. The molecule has 9 nitrogen and oxygen atoms in total. The normalized spacial score (nSPS) is 19.5. The number of hydrogen-bond acceptors (Lipinski definition) is 6. The molecule has 48 heavy (non-hydrogen) atoms. The number of ether oxygens (including phenoxy) is 3. The van der Waals surface area contributed by atoms with Gasteiger partial charge in [0.2, 0.25) is 0 Å². The number of nitrogens with zero attached hydrogens (tertiary/aromatic N) is 5. The van der Waals surface area contributed by atoms with E-state index in [-0.39, 0.29) is 23.2 Å². The molecule has 1 saturated carbocycles. The Bertz CT molecular complexity index is 1650. The SMILES string of the molecule is CN(C(=O)OC(C)(C)C)c1cc(C(F)F)c2nc(-c3nn(COCC[Si](C)(C)C)c4c3C[C@@H]3C[C@]3(C)C4)n(COCC[Si](C)(C)C)c2c1. The van der Waals surface area contributed by atoms with Gasteiger partial charge in [-0.2, -0.15) is 5.10 Å². The van der Waals surface area contributed by atoms with Crippen LogP contribution in [0.25, 0.3) is 22.6 Å². The minimum atomic E-state index is -2.82. The number of carbonyl (C=O) groups is 1. The maximum atomic E-state index is 14.8. The van der Waals surface area contributed by atoms with E-state index >= 15 is 0 Å². The van der Waals surface area contributed by atoms with Crippen LogP contribution in [0, 0.1) is 11.3 Å². The first kappa shape index (κ1) is 36.7. The van der Waals surface area contributed by atoms with Gasteiger partial charge in [0.15, 0.2) is 5.82 Å². The number of anilines is 1. The predicted octanol–water partition coefficient (Wildman–Crippen LogP) is 8.96. The smallest absolute Gasteiger partial charge is 0.414 e. The first-order chi connectivity index (χ1) is 22.2. The van der Waals surface area contributed by atoms with Crippen LogP contribution < -0.4 is 4.90 Å². The van der Waals surface area contributed by atoms with Gasteiger partial charge in [-0.15, -0.1) is 0 Å². The van der Waals surface area contributed by atoms with E-state index in [2.05, 4.69) is 46.2 Å². The molecule has 1 aromatic carbocycles. The molecule has 0 unspecified atom stereocenters. The number of hydrogen-bond donors (Lipinski definition) is 0. The van der Waals surface area contributed by atoms with Crippen molar-refractivity contribution in [2.45, 2.75) is 124 Å². The van der Waals surface area contributed by atoms with E-state index in [0.717, 1.165) is 42.6 Å². The quantitative estimate of drug-likeness (QED) is 0.131. The van der Waals surface area contributed by atoms with E-state index in [1.165, 1.54) is 18.0 Å². The molecular formula is C35H55F2N5O4Si2. The third kappa shape index (κ3) is 8.39. The van der Waals surface area contributed by atoms with Crippen LogP contribution in [0.5, 0.6) is 0 Å². The van der Waals surface area contributed by atoms with Crippen LogP contribution in [-0.2, 0) is 40.5 Å². The number of imidazole rings is 1. The molecule has 0 N–H and O–H groups in total. The molecule has 1 fully saturated rings. The van der Waals surface area contributed by atoms with Gasteiger partial charge in [-0.25, -0.2) is 23.2 Å². The Kier molecular flexibility index (Phi) is 10.1. The predicted molar refractivity (Wildman–Crippen MR) is 192 cm³/mol. The highest BCUT2D eigenvalue weighted by Crippen LogP contribution is 2.60.